The smallest absolute Gasteiger partial charge is 0.315 e. The number of hydrogen-bond donors (Lipinski definition) is 0. The molecule has 0 aliphatic heterocycles. The van der Waals surface area contributed by atoms with E-state index in [2.05, 4.69) is 27.7 Å². The molecule has 3 fully saturated rings. The van der Waals surface area contributed by atoms with Gasteiger partial charge in [0.15, 0.2) is 5.79 Å². The summed E-state index contributed by atoms with van der Waals surface area (Å²) < 4.78 is 23.4. The molecule has 0 aromatic rings. The van der Waals surface area contributed by atoms with Gasteiger partial charge in [0.1, 0.15) is 17.1 Å². The molecule has 3 saturated carbocycles. The highest BCUT2D eigenvalue weighted by atomic mass is 16.7. The molecule has 3 aliphatic carbocycles. The molecule has 0 N–H and O–H groups in total. The van der Waals surface area contributed by atoms with Crippen LogP contribution in [0.4, 0.5) is 0 Å². The van der Waals surface area contributed by atoms with E-state index in [0.29, 0.717) is 30.1 Å². The van der Waals surface area contributed by atoms with E-state index in [4.69, 9.17) is 18.9 Å². The molecule has 0 heterocycles. The summed E-state index contributed by atoms with van der Waals surface area (Å²) in [7, 11) is 3.05. The summed E-state index contributed by atoms with van der Waals surface area (Å²) in [5.41, 5.74) is -0.989. The third-order valence-corrected chi connectivity index (χ3v) is 9.38. The third kappa shape index (κ3) is 5.64. The molecule has 0 radical (unpaired) electrons. The minimum atomic E-state index is -1.14. The second-order valence-corrected chi connectivity index (χ2v) is 12.4. The number of carbonyl (C=O) groups is 2. The summed E-state index contributed by atoms with van der Waals surface area (Å²) in [4.78, 5) is 26.8. The molecule has 3 aliphatic rings. The molecule has 6 heteroatoms. The molecular weight excluding hydrogens is 432 g/mol. The highest BCUT2D eigenvalue weighted by molar-refractivity contribution is 5.85. The SMILES string of the molecule is COC1(OC)C[C@H](C(=O)OC2(C)CCC(C(C)C)CC2)[C@H]1C(=O)OC1(C)CCC(C(C)C)CC1. The van der Waals surface area contributed by atoms with E-state index in [0.717, 1.165) is 51.4 Å². The lowest BCUT2D eigenvalue weighted by Crippen LogP contribution is -2.64. The van der Waals surface area contributed by atoms with Crippen LogP contribution in [-0.2, 0) is 28.5 Å². The van der Waals surface area contributed by atoms with Crippen molar-refractivity contribution in [3.05, 3.63) is 0 Å². The molecule has 6 nitrogen and oxygen atoms in total. The van der Waals surface area contributed by atoms with E-state index >= 15 is 0 Å². The molecule has 0 aromatic heterocycles. The van der Waals surface area contributed by atoms with Crippen LogP contribution in [0.2, 0.25) is 0 Å². The van der Waals surface area contributed by atoms with Crippen LogP contribution in [0, 0.1) is 35.5 Å². The Kier molecular flexibility index (Phi) is 8.44. The van der Waals surface area contributed by atoms with Gasteiger partial charge in [-0.3, -0.25) is 9.59 Å². The fraction of sp³-hybridized carbons (Fsp3) is 0.929. The molecule has 0 aromatic carbocycles. The summed E-state index contributed by atoms with van der Waals surface area (Å²) in [6, 6.07) is 0. The maximum Gasteiger partial charge on any atom is 0.315 e. The fourth-order valence-corrected chi connectivity index (χ4v) is 6.43. The predicted molar refractivity (Wildman–Crippen MR) is 131 cm³/mol. The van der Waals surface area contributed by atoms with Crippen molar-refractivity contribution < 1.29 is 28.5 Å². The predicted octanol–water partition coefficient (Wildman–Crippen LogP) is 5.91. The van der Waals surface area contributed by atoms with Crippen LogP contribution in [0.3, 0.4) is 0 Å². The summed E-state index contributed by atoms with van der Waals surface area (Å²) in [6.45, 7) is 13.1. The van der Waals surface area contributed by atoms with Crippen LogP contribution in [0.15, 0.2) is 0 Å². The minimum Gasteiger partial charge on any atom is -0.459 e. The summed E-state index contributed by atoms with van der Waals surface area (Å²) in [5.74, 6) is -0.664. The Morgan fingerprint density at radius 3 is 1.44 bits per heavy atom. The Morgan fingerprint density at radius 1 is 0.706 bits per heavy atom. The number of methoxy groups -OCH3 is 2. The van der Waals surface area contributed by atoms with Crippen molar-refractivity contribution in [2.45, 2.75) is 116 Å². The molecule has 0 bridgehead atoms. The second kappa shape index (κ2) is 10.5. The number of hydrogen-bond acceptors (Lipinski definition) is 6. The Balaban J connectivity index is 1.66. The largest absolute Gasteiger partial charge is 0.459 e. The average Bonchev–Trinajstić information content (AvgIpc) is 2.74. The Bertz CT molecular complexity index is 708. The minimum absolute atomic E-state index is 0.301. The van der Waals surface area contributed by atoms with E-state index in [1.54, 1.807) is 0 Å². The van der Waals surface area contributed by atoms with Gasteiger partial charge in [-0.25, -0.2) is 0 Å². The van der Waals surface area contributed by atoms with Gasteiger partial charge in [0.05, 0.1) is 5.92 Å². The zero-order valence-corrected chi connectivity index (χ0v) is 22.8. The topological polar surface area (TPSA) is 71.1 Å². The van der Waals surface area contributed by atoms with Crippen molar-refractivity contribution in [1.82, 2.24) is 0 Å². The summed E-state index contributed by atoms with van der Waals surface area (Å²) >= 11 is 0. The second-order valence-electron chi connectivity index (χ2n) is 12.4. The van der Waals surface area contributed by atoms with Crippen molar-refractivity contribution in [2.24, 2.45) is 35.5 Å². The van der Waals surface area contributed by atoms with Gasteiger partial charge in [0.2, 0.25) is 0 Å². The lowest BCUT2D eigenvalue weighted by atomic mass is 9.67. The van der Waals surface area contributed by atoms with Crippen LogP contribution in [0.1, 0.15) is 99.3 Å². The van der Waals surface area contributed by atoms with Gasteiger partial charge in [-0.1, -0.05) is 27.7 Å². The molecule has 3 rings (SSSR count). The van der Waals surface area contributed by atoms with Gasteiger partial charge in [-0.05, 0) is 88.9 Å². The van der Waals surface area contributed by atoms with Gasteiger partial charge in [0.25, 0.3) is 0 Å². The van der Waals surface area contributed by atoms with Crippen LogP contribution in [-0.4, -0.2) is 43.1 Å². The molecule has 2 atom stereocenters. The highest BCUT2D eigenvalue weighted by Gasteiger charge is 2.64. The number of carbonyl (C=O) groups excluding carboxylic acids is 2. The molecule has 0 saturated heterocycles. The van der Waals surface area contributed by atoms with Crippen LogP contribution in [0.5, 0.6) is 0 Å². The maximum absolute atomic E-state index is 13.5. The van der Waals surface area contributed by atoms with E-state index in [-0.39, 0.29) is 5.97 Å². The fourth-order valence-electron chi connectivity index (χ4n) is 6.43. The number of esters is 2. The average molecular weight is 481 g/mol. The van der Waals surface area contributed by atoms with Gasteiger partial charge < -0.3 is 18.9 Å². The summed E-state index contributed by atoms with van der Waals surface area (Å²) in [6.07, 6.45) is 7.92. The van der Waals surface area contributed by atoms with E-state index in [1.165, 1.54) is 14.2 Å². The first-order valence-electron chi connectivity index (χ1n) is 13.4. The monoisotopic (exact) mass is 480 g/mol. The van der Waals surface area contributed by atoms with Gasteiger partial charge in [0, 0.05) is 20.6 Å². The first-order valence-corrected chi connectivity index (χ1v) is 13.4. The van der Waals surface area contributed by atoms with Crippen LogP contribution < -0.4 is 0 Å². The van der Waals surface area contributed by atoms with E-state index < -0.39 is 34.8 Å². The van der Waals surface area contributed by atoms with Gasteiger partial charge >= 0.3 is 11.9 Å². The van der Waals surface area contributed by atoms with Gasteiger partial charge in [-0.2, -0.15) is 0 Å². The quantitative estimate of drug-likeness (QED) is 0.318. The van der Waals surface area contributed by atoms with Crippen molar-refractivity contribution in [3.8, 4) is 0 Å². The standard InChI is InChI=1S/C28H48O6/c1-18(2)20-9-13-26(5,14-10-20)33-24(29)22-17-28(31-7,32-8)23(22)25(30)34-27(6)15-11-21(12-16-27)19(3)4/h18-23H,9-17H2,1-8H3/t20?,21?,22-,23-,26?,27?/m0/s1. The molecular formula is C28H48O6. The lowest BCUT2D eigenvalue weighted by molar-refractivity contribution is -0.309. The van der Waals surface area contributed by atoms with E-state index in [9.17, 15) is 9.59 Å². The molecule has 196 valence electrons. The lowest BCUT2D eigenvalue weighted by Gasteiger charge is -2.51. The third-order valence-electron chi connectivity index (χ3n) is 9.38. The Hall–Kier alpha value is -1.14. The van der Waals surface area contributed by atoms with Crippen molar-refractivity contribution in [1.29, 1.82) is 0 Å². The zero-order valence-electron chi connectivity index (χ0n) is 22.8. The normalized spacial score (nSPS) is 37.8. The number of ether oxygens (including phenoxy) is 4. The van der Waals surface area contributed by atoms with Crippen LogP contribution in [0.25, 0.3) is 0 Å². The zero-order chi connectivity index (χ0) is 25.3. The van der Waals surface area contributed by atoms with Crippen molar-refractivity contribution in [2.75, 3.05) is 14.2 Å². The molecule has 0 amide bonds. The van der Waals surface area contributed by atoms with E-state index in [1.807, 2.05) is 13.8 Å². The Morgan fingerprint density at radius 2 is 1.09 bits per heavy atom. The first-order chi connectivity index (χ1) is 15.9. The van der Waals surface area contributed by atoms with Crippen molar-refractivity contribution in [3.63, 3.8) is 0 Å². The maximum atomic E-state index is 13.5. The molecule has 0 unspecified atom stereocenters. The summed E-state index contributed by atoms with van der Waals surface area (Å²) in [5, 5.41) is 0. The van der Waals surface area contributed by atoms with Crippen molar-refractivity contribution >= 4 is 11.9 Å². The highest BCUT2D eigenvalue weighted by Crippen LogP contribution is 2.50. The molecule has 34 heavy (non-hydrogen) atoms. The number of rotatable bonds is 8. The Labute approximate surface area is 206 Å². The van der Waals surface area contributed by atoms with Gasteiger partial charge in [-0.15, -0.1) is 0 Å². The van der Waals surface area contributed by atoms with Crippen LogP contribution >= 0.6 is 0 Å². The molecule has 0 spiro atoms. The first kappa shape index (κ1) is 27.4.